The standard InChI is InChI=1S/C15H19BrN4O/c1-9-6-13(20(2)3)19-15(17-9)18-11-7-10-4-5-21-14(10)12(16)8-11/h6-8,15,17-18H,4-5H2,1-3H3. The number of likely N-dealkylation sites (N-methyl/N-ethyl adjacent to an activating group) is 1. The van der Waals surface area contributed by atoms with E-state index >= 15 is 0 Å². The molecule has 0 fully saturated rings. The summed E-state index contributed by atoms with van der Waals surface area (Å²) in [5.41, 5.74) is 3.35. The van der Waals surface area contributed by atoms with Crippen LogP contribution in [0.5, 0.6) is 5.75 Å². The van der Waals surface area contributed by atoms with Gasteiger partial charge in [0.1, 0.15) is 11.6 Å². The number of anilines is 1. The minimum atomic E-state index is -0.167. The van der Waals surface area contributed by atoms with Crippen molar-refractivity contribution in [2.45, 2.75) is 19.6 Å². The Morgan fingerprint density at radius 2 is 2.24 bits per heavy atom. The van der Waals surface area contributed by atoms with Crippen molar-refractivity contribution < 1.29 is 4.74 Å². The van der Waals surface area contributed by atoms with E-state index < -0.39 is 0 Å². The highest BCUT2D eigenvalue weighted by molar-refractivity contribution is 9.10. The van der Waals surface area contributed by atoms with Crippen LogP contribution in [0.3, 0.4) is 0 Å². The number of aliphatic imine (C=N–C) groups is 1. The first kappa shape index (κ1) is 14.3. The van der Waals surface area contributed by atoms with E-state index in [-0.39, 0.29) is 6.29 Å². The van der Waals surface area contributed by atoms with Crippen molar-refractivity contribution in [2.24, 2.45) is 4.99 Å². The molecular weight excluding hydrogens is 332 g/mol. The summed E-state index contributed by atoms with van der Waals surface area (Å²) in [6.45, 7) is 2.79. The topological polar surface area (TPSA) is 48.9 Å². The lowest BCUT2D eigenvalue weighted by molar-refractivity contribution is 0.355. The minimum Gasteiger partial charge on any atom is -0.492 e. The maximum Gasteiger partial charge on any atom is 0.196 e. The van der Waals surface area contributed by atoms with Crippen LogP contribution in [0.1, 0.15) is 12.5 Å². The Morgan fingerprint density at radius 3 is 3.00 bits per heavy atom. The second-order valence-electron chi connectivity index (χ2n) is 5.45. The van der Waals surface area contributed by atoms with E-state index in [1.165, 1.54) is 5.56 Å². The van der Waals surface area contributed by atoms with Gasteiger partial charge in [-0.1, -0.05) is 0 Å². The van der Waals surface area contributed by atoms with E-state index in [2.05, 4.69) is 37.6 Å². The molecule has 5 nitrogen and oxygen atoms in total. The molecule has 0 aliphatic carbocycles. The molecular formula is C15H19BrN4O. The van der Waals surface area contributed by atoms with Gasteiger partial charge in [-0.3, -0.25) is 0 Å². The lowest BCUT2D eigenvalue weighted by Gasteiger charge is -2.26. The number of amidine groups is 1. The van der Waals surface area contributed by atoms with Gasteiger partial charge in [-0.2, -0.15) is 0 Å². The lowest BCUT2D eigenvalue weighted by Crippen LogP contribution is -2.39. The van der Waals surface area contributed by atoms with Crippen molar-refractivity contribution in [3.63, 3.8) is 0 Å². The SMILES string of the molecule is CC1=CC(N(C)C)=NC(Nc2cc(Br)c3c(c2)CCO3)N1. The fourth-order valence-corrected chi connectivity index (χ4v) is 3.08. The van der Waals surface area contributed by atoms with Gasteiger partial charge in [0.25, 0.3) is 0 Å². The van der Waals surface area contributed by atoms with Crippen molar-refractivity contribution in [1.29, 1.82) is 0 Å². The predicted octanol–water partition coefficient (Wildman–Crippen LogP) is 2.55. The summed E-state index contributed by atoms with van der Waals surface area (Å²) in [5, 5.41) is 6.74. The van der Waals surface area contributed by atoms with Crippen molar-refractivity contribution >= 4 is 27.5 Å². The zero-order valence-electron chi connectivity index (χ0n) is 12.4. The largest absolute Gasteiger partial charge is 0.492 e. The number of nitrogens with zero attached hydrogens (tertiary/aromatic N) is 2. The first-order chi connectivity index (χ1) is 10.0. The van der Waals surface area contributed by atoms with Crippen LogP contribution >= 0.6 is 15.9 Å². The number of hydrogen-bond donors (Lipinski definition) is 2. The lowest BCUT2D eigenvalue weighted by atomic mass is 10.1. The minimum absolute atomic E-state index is 0.167. The summed E-state index contributed by atoms with van der Waals surface area (Å²) in [6.07, 6.45) is 2.82. The molecule has 0 radical (unpaired) electrons. The fraction of sp³-hybridized carbons (Fsp3) is 0.400. The van der Waals surface area contributed by atoms with Gasteiger partial charge < -0.3 is 20.3 Å². The van der Waals surface area contributed by atoms with Crippen molar-refractivity contribution in [3.8, 4) is 5.75 Å². The van der Waals surface area contributed by atoms with Gasteiger partial charge in [0.2, 0.25) is 0 Å². The van der Waals surface area contributed by atoms with Crippen LogP contribution in [0, 0.1) is 0 Å². The fourth-order valence-electron chi connectivity index (χ4n) is 2.47. The summed E-state index contributed by atoms with van der Waals surface area (Å²) in [5.74, 6) is 1.91. The van der Waals surface area contributed by atoms with Gasteiger partial charge in [0.15, 0.2) is 6.29 Å². The maximum atomic E-state index is 5.61. The number of benzene rings is 1. The van der Waals surface area contributed by atoms with Crippen LogP contribution in [-0.4, -0.2) is 37.7 Å². The third kappa shape index (κ3) is 3.00. The molecule has 0 saturated heterocycles. The quantitative estimate of drug-likeness (QED) is 0.860. The number of rotatable bonds is 2. The van der Waals surface area contributed by atoms with E-state index in [1.807, 2.05) is 38.1 Å². The van der Waals surface area contributed by atoms with E-state index in [4.69, 9.17) is 4.74 Å². The van der Waals surface area contributed by atoms with Crippen LogP contribution in [0.2, 0.25) is 0 Å². The van der Waals surface area contributed by atoms with Crippen molar-refractivity contribution in [3.05, 3.63) is 33.9 Å². The molecule has 1 atom stereocenters. The molecule has 21 heavy (non-hydrogen) atoms. The zero-order valence-corrected chi connectivity index (χ0v) is 14.0. The molecule has 112 valence electrons. The van der Waals surface area contributed by atoms with Crippen LogP contribution in [0.4, 0.5) is 5.69 Å². The molecule has 2 aliphatic heterocycles. The molecule has 0 saturated carbocycles. The Hall–Kier alpha value is -1.69. The van der Waals surface area contributed by atoms with E-state index in [0.717, 1.165) is 40.5 Å². The van der Waals surface area contributed by atoms with Gasteiger partial charge in [0, 0.05) is 37.5 Å². The molecule has 2 N–H and O–H groups in total. The zero-order chi connectivity index (χ0) is 15.0. The predicted molar refractivity (Wildman–Crippen MR) is 88.8 cm³/mol. The normalized spacial score (nSPS) is 19.9. The Labute approximate surface area is 133 Å². The van der Waals surface area contributed by atoms with E-state index in [0.29, 0.717) is 0 Å². The van der Waals surface area contributed by atoms with Crippen molar-refractivity contribution in [2.75, 3.05) is 26.0 Å². The van der Waals surface area contributed by atoms with Crippen molar-refractivity contribution in [1.82, 2.24) is 10.2 Å². The van der Waals surface area contributed by atoms with Gasteiger partial charge in [-0.05, 0) is 41.1 Å². The molecule has 3 rings (SSSR count). The number of ether oxygens (including phenoxy) is 1. The number of nitrogens with one attached hydrogen (secondary N) is 2. The highest BCUT2D eigenvalue weighted by atomic mass is 79.9. The third-order valence-electron chi connectivity index (χ3n) is 3.47. The molecule has 0 aromatic heterocycles. The van der Waals surface area contributed by atoms with Crippen LogP contribution < -0.4 is 15.4 Å². The molecule has 6 heteroatoms. The van der Waals surface area contributed by atoms with E-state index in [9.17, 15) is 0 Å². The smallest absolute Gasteiger partial charge is 0.196 e. The monoisotopic (exact) mass is 350 g/mol. The number of fused-ring (bicyclic) bond motifs is 1. The molecule has 1 aromatic carbocycles. The highest BCUT2D eigenvalue weighted by Gasteiger charge is 2.19. The number of halogens is 1. The Morgan fingerprint density at radius 1 is 1.43 bits per heavy atom. The molecule has 1 unspecified atom stereocenters. The summed E-state index contributed by atoms with van der Waals surface area (Å²) in [6, 6.07) is 4.16. The Kier molecular flexibility index (Phi) is 3.80. The van der Waals surface area contributed by atoms with Gasteiger partial charge in [-0.15, -0.1) is 0 Å². The van der Waals surface area contributed by atoms with E-state index in [1.54, 1.807) is 0 Å². The third-order valence-corrected chi connectivity index (χ3v) is 4.06. The average Bonchev–Trinajstić information content (AvgIpc) is 2.86. The van der Waals surface area contributed by atoms with Crippen LogP contribution in [0.15, 0.2) is 33.4 Å². The molecule has 0 spiro atoms. The van der Waals surface area contributed by atoms with Crippen LogP contribution in [0.25, 0.3) is 0 Å². The van der Waals surface area contributed by atoms with Gasteiger partial charge in [0.05, 0.1) is 11.1 Å². The maximum absolute atomic E-state index is 5.61. The number of hydrogen-bond acceptors (Lipinski definition) is 5. The summed E-state index contributed by atoms with van der Waals surface area (Å²) >= 11 is 3.57. The first-order valence-electron chi connectivity index (χ1n) is 6.94. The van der Waals surface area contributed by atoms with Gasteiger partial charge in [-0.25, -0.2) is 4.99 Å². The molecule has 1 aromatic rings. The molecule has 0 amide bonds. The summed E-state index contributed by atoms with van der Waals surface area (Å²) < 4.78 is 6.59. The summed E-state index contributed by atoms with van der Waals surface area (Å²) in [4.78, 5) is 6.65. The molecule has 0 bridgehead atoms. The second-order valence-corrected chi connectivity index (χ2v) is 6.30. The first-order valence-corrected chi connectivity index (χ1v) is 7.74. The molecule has 2 heterocycles. The van der Waals surface area contributed by atoms with Gasteiger partial charge >= 0.3 is 0 Å². The second kappa shape index (κ2) is 5.60. The Balaban J connectivity index is 1.81. The van der Waals surface area contributed by atoms with Crippen LogP contribution in [-0.2, 0) is 6.42 Å². The Bertz CT molecular complexity index is 624. The molecule has 2 aliphatic rings. The average molecular weight is 351 g/mol. The highest BCUT2D eigenvalue weighted by Crippen LogP contribution is 2.36. The number of allylic oxidation sites excluding steroid dienone is 1. The summed E-state index contributed by atoms with van der Waals surface area (Å²) in [7, 11) is 3.99.